The SMILES string of the molecule is Cc1ccc(NC(=O)c2ccc(NS(=O)(=O)c3cccs3)cc2O)cc1. The fraction of sp³-hybridized carbons (Fsp3) is 0.0556. The van der Waals surface area contributed by atoms with E-state index in [2.05, 4.69) is 10.0 Å². The van der Waals surface area contributed by atoms with Crippen LogP contribution in [0.3, 0.4) is 0 Å². The van der Waals surface area contributed by atoms with Gasteiger partial charge in [0.05, 0.1) is 11.3 Å². The van der Waals surface area contributed by atoms with E-state index in [0.29, 0.717) is 5.69 Å². The number of hydrogen-bond acceptors (Lipinski definition) is 5. The third-order valence-corrected chi connectivity index (χ3v) is 6.34. The van der Waals surface area contributed by atoms with Crippen molar-refractivity contribution in [3.8, 4) is 5.75 Å². The maximum atomic E-state index is 12.3. The Hall–Kier alpha value is -2.84. The second-order valence-corrected chi connectivity index (χ2v) is 8.45. The van der Waals surface area contributed by atoms with Crippen LogP contribution < -0.4 is 10.0 Å². The van der Waals surface area contributed by atoms with Gasteiger partial charge in [0, 0.05) is 11.8 Å². The van der Waals surface area contributed by atoms with Crippen LogP contribution in [-0.4, -0.2) is 19.4 Å². The molecule has 0 spiro atoms. The van der Waals surface area contributed by atoms with E-state index in [4.69, 9.17) is 0 Å². The van der Waals surface area contributed by atoms with E-state index in [1.165, 1.54) is 24.3 Å². The highest BCUT2D eigenvalue weighted by Gasteiger charge is 2.17. The number of phenols is 1. The lowest BCUT2D eigenvalue weighted by Crippen LogP contribution is -2.14. The lowest BCUT2D eigenvalue weighted by Gasteiger charge is -2.10. The van der Waals surface area contributed by atoms with Crippen molar-refractivity contribution < 1.29 is 18.3 Å². The molecule has 3 aromatic rings. The molecule has 2 aromatic carbocycles. The zero-order chi connectivity index (χ0) is 18.7. The Labute approximate surface area is 155 Å². The molecule has 0 aliphatic rings. The summed E-state index contributed by atoms with van der Waals surface area (Å²) in [5.74, 6) is -0.806. The summed E-state index contributed by atoms with van der Waals surface area (Å²) in [6.07, 6.45) is 0. The second kappa shape index (κ2) is 7.19. The summed E-state index contributed by atoms with van der Waals surface area (Å²) in [6.45, 7) is 1.94. The molecule has 1 heterocycles. The van der Waals surface area contributed by atoms with Gasteiger partial charge in [0.1, 0.15) is 9.96 Å². The van der Waals surface area contributed by atoms with Crippen molar-refractivity contribution >= 4 is 38.6 Å². The monoisotopic (exact) mass is 388 g/mol. The number of aromatic hydroxyl groups is 1. The summed E-state index contributed by atoms with van der Waals surface area (Å²) in [4.78, 5) is 12.3. The van der Waals surface area contributed by atoms with Crippen molar-refractivity contribution in [3.05, 3.63) is 71.1 Å². The Bertz CT molecular complexity index is 1030. The first kappa shape index (κ1) is 18.0. The van der Waals surface area contributed by atoms with Crippen LogP contribution >= 0.6 is 11.3 Å². The van der Waals surface area contributed by atoms with E-state index in [0.717, 1.165) is 16.9 Å². The molecule has 134 valence electrons. The highest BCUT2D eigenvalue weighted by molar-refractivity contribution is 7.94. The van der Waals surface area contributed by atoms with E-state index in [1.54, 1.807) is 23.6 Å². The van der Waals surface area contributed by atoms with Crippen LogP contribution in [0.25, 0.3) is 0 Å². The number of carbonyl (C=O) groups excluding carboxylic acids is 1. The molecule has 0 saturated heterocycles. The van der Waals surface area contributed by atoms with E-state index in [1.807, 2.05) is 19.1 Å². The van der Waals surface area contributed by atoms with Crippen LogP contribution in [0, 0.1) is 6.92 Å². The van der Waals surface area contributed by atoms with Gasteiger partial charge in [-0.1, -0.05) is 23.8 Å². The molecule has 6 nitrogen and oxygen atoms in total. The van der Waals surface area contributed by atoms with Gasteiger partial charge in [-0.15, -0.1) is 11.3 Å². The molecular weight excluding hydrogens is 372 g/mol. The van der Waals surface area contributed by atoms with E-state index < -0.39 is 15.9 Å². The van der Waals surface area contributed by atoms with Gasteiger partial charge < -0.3 is 10.4 Å². The molecular formula is C18H16N2O4S2. The molecule has 0 saturated carbocycles. The predicted molar refractivity (Wildman–Crippen MR) is 102 cm³/mol. The van der Waals surface area contributed by atoms with Gasteiger partial charge in [-0.05, 0) is 42.6 Å². The number of thiophene rings is 1. The lowest BCUT2D eigenvalue weighted by molar-refractivity contribution is 0.102. The maximum Gasteiger partial charge on any atom is 0.271 e. The number of benzene rings is 2. The number of hydrogen-bond donors (Lipinski definition) is 3. The number of phenolic OH excluding ortho intramolecular Hbond substituents is 1. The second-order valence-electron chi connectivity index (χ2n) is 5.59. The Morgan fingerprint density at radius 1 is 1.04 bits per heavy atom. The van der Waals surface area contributed by atoms with E-state index in [-0.39, 0.29) is 21.2 Å². The number of amides is 1. The third kappa shape index (κ3) is 4.04. The molecule has 0 bridgehead atoms. The van der Waals surface area contributed by atoms with Gasteiger partial charge in [0.15, 0.2) is 0 Å². The number of aryl methyl sites for hydroxylation is 1. The number of rotatable bonds is 5. The van der Waals surface area contributed by atoms with Crippen molar-refractivity contribution in [1.82, 2.24) is 0 Å². The third-order valence-electron chi connectivity index (χ3n) is 3.56. The smallest absolute Gasteiger partial charge is 0.271 e. The van der Waals surface area contributed by atoms with Crippen LogP contribution in [-0.2, 0) is 10.0 Å². The number of carbonyl (C=O) groups is 1. The molecule has 1 aromatic heterocycles. The van der Waals surface area contributed by atoms with Gasteiger partial charge >= 0.3 is 0 Å². The maximum absolute atomic E-state index is 12.3. The minimum atomic E-state index is -3.72. The van der Waals surface area contributed by atoms with Gasteiger partial charge in [-0.25, -0.2) is 8.42 Å². The summed E-state index contributed by atoms with van der Waals surface area (Å²) in [7, 11) is -3.72. The van der Waals surface area contributed by atoms with Crippen LogP contribution in [0.4, 0.5) is 11.4 Å². The molecule has 0 unspecified atom stereocenters. The highest BCUT2D eigenvalue weighted by Crippen LogP contribution is 2.26. The zero-order valence-electron chi connectivity index (χ0n) is 13.8. The Morgan fingerprint density at radius 3 is 2.35 bits per heavy atom. The molecule has 0 aliphatic heterocycles. The summed E-state index contributed by atoms with van der Waals surface area (Å²) in [6, 6.07) is 14.3. The first-order valence-electron chi connectivity index (χ1n) is 7.62. The minimum Gasteiger partial charge on any atom is -0.507 e. The predicted octanol–water partition coefficient (Wildman–Crippen LogP) is 3.82. The fourth-order valence-corrected chi connectivity index (χ4v) is 4.29. The van der Waals surface area contributed by atoms with Crippen LogP contribution in [0.15, 0.2) is 64.2 Å². The molecule has 26 heavy (non-hydrogen) atoms. The molecule has 8 heteroatoms. The largest absolute Gasteiger partial charge is 0.507 e. The molecule has 1 amide bonds. The molecule has 3 rings (SSSR count). The Morgan fingerprint density at radius 2 is 1.73 bits per heavy atom. The lowest BCUT2D eigenvalue weighted by atomic mass is 10.1. The number of nitrogens with one attached hydrogen (secondary N) is 2. The molecule has 0 fully saturated rings. The topological polar surface area (TPSA) is 95.5 Å². The summed E-state index contributed by atoms with van der Waals surface area (Å²) >= 11 is 1.09. The fourth-order valence-electron chi connectivity index (χ4n) is 2.24. The van der Waals surface area contributed by atoms with Crippen molar-refractivity contribution in [2.75, 3.05) is 10.0 Å². The summed E-state index contributed by atoms with van der Waals surface area (Å²) in [5, 5.41) is 14.5. The van der Waals surface area contributed by atoms with Crippen molar-refractivity contribution in [1.29, 1.82) is 0 Å². The zero-order valence-corrected chi connectivity index (χ0v) is 15.4. The molecule has 0 aliphatic carbocycles. The quantitative estimate of drug-likeness (QED) is 0.619. The molecule has 0 atom stereocenters. The average Bonchev–Trinajstić information content (AvgIpc) is 3.12. The minimum absolute atomic E-state index is 0.0460. The van der Waals surface area contributed by atoms with Gasteiger partial charge in [0.2, 0.25) is 0 Å². The van der Waals surface area contributed by atoms with Crippen molar-refractivity contribution in [2.24, 2.45) is 0 Å². The van der Waals surface area contributed by atoms with E-state index >= 15 is 0 Å². The van der Waals surface area contributed by atoms with Crippen molar-refractivity contribution in [2.45, 2.75) is 11.1 Å². The molecule has 3 N–H and O–H groups in total. The number of anilines is 2. The summed E-state index contributed by atoms with van der Waals surface area (Å²) in [5.41, 5.74) is 1.88. The Balaban J connectivity index is 1.77. The van der Waals surface area contributed by atoms with E-state index in [9.17, 15) is 18.3 Å². The van der Waals surface area contributed by atoms with Gasteiger partial charge in [-0.3, -0.25) is 9.52 Å². The van der Waals surface area contributed by atoms with Crippen LogP contribution in [0.5, 0.6) is 5.75 Å². The normalized spacial score (nSPS) is 11.1. The Kier molecular flexibility index (Phi) is 4.97. The summed E-state index contributed by atoms with van der Waals surface area (Å²) < 4.78 is 26.9. The standard InChI is InChI=1S/C18H16N2O4S2/c1-12-4-6-13(7-5-12)19-18(22)15-9-8-14(11-16(15)21)20-26(23,24)17-3-2-10-25-17/h2-11,20-21H,1H3,(H,19,22). The first-order chi connectivity index (χ1) is 12.3. The number of sulfonamides is 1. The van der Waals surface area contributed by atoms with Crippen LogP contribution in [0.1, 0.15) is 15.9 Å². The highest BCUT2D eigenvalue weighted by atomic mass is 32.2. The van der Waals surface area contributed by atoms with Crippen LogP contribution in [0.2, 0.25) is 0 Å². The van der Waals surface area contributed by atoms with Gasteiger partial charge in [0.25, 0.3) is 15.9 Å². The van der Waals surface area contributed by atoms with Gasteiger partial charge in [-0.2, -0.15) is 0 Å². The van der Waals surface area contributed by atoms with Crippen molar-refractivity contribution in [3.63, 3.8) is 0 Å². The molecule has 0 radical (unpaired) electrons. The first-order valence-corrected chi connectivity index (χ1v) is 9.99. The average molecular weight is 388 g/mol.